The van der Waals surface area contributed by atoms with Crippen LogP contribution in [0.25, 0.3) is 0 Å². The lowest BCUT2D eigenvalue weighted by atomic mass is 10.1. The van der Waals surface area contributed by atoms with Gasteiger partial charge in [-0.1, -0.05) is 18.9 Å². The zero-order chi connectivity index (χ0) is 13.7. The van der Waals surface area contributed by atoms with Gasteiger partial charge in [0.25, 0.3) is 0 Å². The fourth-order valence-electron chi connectivity index (χ4n) is 2.87. The van der Waals surface area contributed by atoms with Crippen LogP contribution in [0.15, 0.2) is 18.2 Å². The maximum atomic E-state index is 10.1. The highest BCUT2D eigenvalue weighted by atomic mass is 16.3. The van der Waals surface area contributed by atoms with Crippen LogP contribution in [0.5, 0.6) is 5.75 Å². The van der Waals surface area contributed by atoms with Gasteiger partial charge in [-0.2, -0.15) is 0 Å². The van der Waals surface area contributed by atoms with E-state index >= 15 is 0 Å². The van der Waals surface area contributed by atoms with Gasteiger partial charge in [0.15, 0.2) is 0 Å². The van der Waals surface area contributed by atoms with E-state index in [2.05, 4.69) is 30.1 Å². The van der Waals surface area contributed by atoms with E-state index in [1.54, 1.807) is 0 Å². The minimum absolute atomic E-state index is 0.412. The zero-order valence-corrected chi connectivity index (χ0v) is 12.2. The van der Waals surface area contributed by atoms with Crippen LogP contribution in [-0.4, -0.2) is 24.2 Å². The van der Waals surface area contributed by atoms with Crippen LogP contribution in [-0.2, 0) is 6.54 Å². The van der Waals surface area contributed by atoms with Crippen molar-refractivity contribution < 1.29 is 5.11 Å². The van der Waals surface area contributed by atoms with Gasteiger partial charge in [0.05, 0.1) is 0 Å². The monoisotopic (exact) mass is 262 g/mol. The standard InChI is InChI=1S/C16H26N2O/c1-3-18(4-2)15-10-9-13(16(19)11-15)12-17-14-7-5-6-8-14/h9-11,14,17,19H,3-8,12H2,1-2H3. The van der Waals surface area contributed by atoms with E-state index in [1.807, 2.05) is 12.1 Å². The van der Waals surface area contributed by atoms with Gasteiger partial charge in [0, 0.05) is 43.0 Å². The number of hydrogen-bond donors (Lipinski definition) is 2. The van der Waals surface area contributed by atoms with Crippen LogP contribution < -0.4 is 10.2 Å². The van der Waals surface area contributed by atoms with Crippen molar-refractivity contribution in [1.82, 2.24) is 5.32 Å². The zero-order valence-electron chi connectivity index (χ0n) is 12.2. The van der Waals surface area contributed by atoms with E-state index in [1.165, 1.54) is 25.7 Å². The number of phenols is 1. The SMILES string of the molecule is CCN(CC)c1ccc(CNC2CCCC2)c(O)c1. The summed E-state index contributed by atoms with van der Waals surface area (Å²) in [7, 11) is 0. The van der Waals surface area contributed by atoms with Crippen LogP contribution in [0.1, 0.15) is 45.1 Å². The molecule has 0 bridgehead atoms. The smallest absolute Gasteiger partial charge is 0.122 e. The Bertz CT molecular complexity index is 396. The summed E-state index contributed by atoms with van der Waals surface area (Å²) in [5.41, 5.74) is 2.11. The van der Waals surface area contributed by atoms with E-state index in [0.717, 1.165) is 30.9 Å². The first-order valence-electron chi connectivity index (χ1n) is 7.54. The molecule has 1 fully saturated rings. The lowest BCUT2D eigenvalue weighted by Gasteiger charge is -2.22. The summed E-state index contributed by atoms with van der Waals surface area (Å²) in [4.78, 5) is 2.24. The van der Waals surface area contributed by atoms with Crippen molar-refractivity contribution in [3.63, 3.8) is 0 Å². The van der Waals surface area contributed by atoms with Crippen molar-refractivity contribution in [2.45, 2.75) is 52.1 Å². The Morgan fingerprint density at radius 1 is 1.21 bits per heavy atom. The number of phenolic OH excluding ortho intramolecular Hbond substituents is 1. The summed E-state index contributed by atoms with van der Waals surface area (Å²) >= 11 is 0. The average molecular weight is 262 g/mol. The van der Waals surface area contributed by atoms with E-state index < -0.39 is 0 Å². The second-order valence-corrected chi connectivity index (χ2v) is 5.35. The Hall–Kier alpha value is -1.22. The Kier molecular flexibility index (Phi) is 5.08. The van der Waals surface area contributed by atoms with E-state index in [9.17, 15) is 5.11 Å². The van der Waals surface area contributed by atoms with Crippen molar-refractivity contribution in [2.75, 3.05) is 18.0 Å². The first-order valence-corrected chi connectivity index (χ1v) is 7.54. The number of benzene rings is 1. The number of hydrogen-bond acceptors (Lipinski definition) is 3. The molecule has 2 rings (SSSR count). The molecule has 1 aromatic rings. The summed E-state index contributed by atoms with van der Waals surface area (Å²) in [6.07, 6.45) is 5.23. The van der Waals surface area contributed by atoms with Crippen molar-refractivity contribution >= 4 is 5.69 Å². The highest BCUT2D eigenvalue weighted by molar-refractivity contribution is 5.53. The van der Waals surface area contributed by atoms with Gasteiger partial charge in [-0.15, -0.1) is 0 Å². The Morgan fingerprint density at radius 3 is 2.47 bits per heavy atom. The number of nitrogens with zero attached hydrogens (tertiary/aromatic N) is 1. The molecule has 3 nitrogen and oxygen atoms in total. The van der Waals surface area contributed by atoms with Gasteiger partial charge >= 0.3 is 0 Å². The van der Waals surface area contributed by atoms with Gasteiger partial charge in [0.1, 0.15) is 5.75 Å². The second-order valence-electron chi connectivity index (χ2n) is 5.35. The predicted molar refractivity (Wildman–Crippen MR) is 80.8 cm³/mol. The van der Waals surface area contributed by atoms with Gasteiger partial charge in [0.2, 0.25) is 0 Å². The van der Waals surface area contributed by atoms with Gasteiger partial charge in [-0.3, -0.25) is 0 Å². The molecule has 1 aromatic carbocycles. The molecule has 0 radical (unpaired) electrons. The normalized spacial score (nSPS) is 15.9. The van der Waals surface area contributed by atoms with Crippen LogP contribution in [0.4, 0.5) is 5.69 Å². The number of aromatic hydroxyl groups is 1. The number of anilines is 1. The third-order valence-electron chi connectivity index (χ3n) is 4.13. The van der Waals surface area contributed by atoms with Gasteiger partial charge in [-0.05, 0) is 32.8 Å². The number of nitrogens with one attached hydrogen (secondary N) is 1. The Morgan fingerprint density at radius 2 is 1.89 bits per heavy atom. The molecule has 3 heteroatoms. The van der Waals surface area contributed by atoms with Crippen LogP contribution in [0.2, 0.25) is 0 Å². The molecular weight excluding hydrogens is 236 g/mol. The molecule has 0 unspecified atom stereocenters. The van der Waals surface area contributed by atoms with Crippen LogP contribution in [0, 0.1) is 0 Å². The lowest BCUT2D eigenvalue weighted by Crippen LogP contribution is -2.25. The first-order chi connectivity index (χ1) is 9.24. The molecule has 1 aliphatic rings. The fourth-order valence-corrected chi connectivity index (χ4v) is 2.87. The Balaban J connectivity index is 1.97. The van der Waals surface area contributed by atoms with Crippen molar-refractivity contribution in [3.8, 4) is 5.75 Å². The molecule has 0 amide bonds. The fraction of sp³-hybridized carbons (Fsp3) is 0.625. The molecule has 106 valence electrons. The van der Waals surface area contributed by atoms with Crippen LogP contribution >= 0.6 is 0 Å². The molecule has 19 heavy (non-hydrogen) atoms. The molecule has 2 N–H and O–H groups in total. The minimum Gasteiger partial charge on any atom is -0.508 e. The second kappa shape index (κ2) is 6.80. The highest BCUT2D eigenvalue weighted by Gasteiger charge is 2.14. The molecule has 0 aliphatic heterocycles. The Labute approximate surface area is 116 Å². The third-order valence-corrected chi connectivity index (χ3v) is 4.13. The van der Waals surface area contributed by atoms with Crippen molar-refractivity contribution in [1.29, 1.82) is 0 Å². The quantitative estimate of drug-likeness (QED) is 0.826. The molecular formula is C16H26N2O. The molecule has 0 aromatic heterocycles. The molecule has 0 spiro atoms. The van der Waals surface area contributed by atoms with E-state index in [0.29, 0.717) is 11.8 Å². The third kappa shape index (κ3) is 3.63. The summed E-state index contributed by atoms with van der Waals surface area (Å²) in [6, 6.07) is 6.68. The van der Waals surface area contributed by atoms with Gasteiger partial charge in [-0.25, -0.2) is 0 Å². The summed E-state index contributed by atoms with van der Waals surface area (Å²) in [6.45, 7) is 6.98. The topological polar surface area (TPSA) is 35.5 Å². The van der Waals surface area contributed by atoms with Gasteiger partial charge < -0.3 is 15.3 Å². The largest absolute Gasteiger partial charge is 0.508 e. The highest BCUT2D eigenvalue weighted by Crippen LogP contribution is 2.25. The molecule has 0 atom stereocenters. The van der Waals surface area contributed by atoms with Crippen molar-refractivity contribution in [2.24, 2.45) is 0 Å². The summed E-state index contributed by atoms with van der Waals surface area (Å²) in [5.74, 6) is 0.412. The molecule has 0 heterocycles. The molecule has 1 aliphatic carbocycles. The van der Waals surface area contributed by atoms with E-state index in [-0.39, 0.29) is 0 Å². The minimum atomic E-state index is 0.412. The van der Waals surface area contributed by atoms with E-state index in [4.69, 9.17) is 0 Å². The lowest BCUT2D eigenvalue weighted by molar-refractivity contribution is 0.456. The maximum Gasteiger partial charge on any atom is 0.122 e. The summed E-state index contributed by atoms with van der Waals surface area (Å²) in [5, 5.41) is 13.7. The molecule has 1 saturated carbocycles. The average Bonchev–Trinajstić information content (AvgIpc) is 2.92. The van der Waals surface area contributed by atoms with Crippen molar-refractivity contribution in [3.05, 3.63) is 23.8 Å². The maximum absolute atomic E-state index is 10.1. The molecule has 0 saturated heterocycles. The number of rotatable bonds is 6. The summed E-state index contributed by atoms with van der Waals surface area (Å²) < 4.78 is 0. The van der Waals surface area contributed by atoms with Crippen LogP contribution in [0.3, 0.4) is 0 Å². The predicted octanol–water partition coefficient (Wildman–Crippen LogP) is 3.27. The first kappa shape index (κ1) is 14.2.